The van der Waals surface area contributed by atoms with Crippen molar-refractivity contribution < 1.29 is 13.2 Å². The lowest BCUT2D eigenvalue weighted by molar-refractivity contribution is -0.129. The summed E-state index contributed by atoms with van der Waals surface area (Å²) in [6.07, 6.45) is 2.92. The van der Waals surface area contributed by atoms with E-state index in [1.54, 1.807) is 17.0 Å². The van der Waals surface area contributed by atoms with Crippen LogP contribution in [0.15, 0.2) is 29.2 Å². The molecule has 21 heavy (non-hydrogen) atoms. The Bertz CT molecular complexity index is 592. The van der Waals surface area contributed by atoms with E-state index in [2.05, 4.69) is 4.72 Å². The average molecular weight is 310 g/mol. The third-order valence-corrected chi connectivity index (χ3v) is 5.16. The topological polar surface area (TPSA) is 66.5 Å². The van der Waals surface area contributed by atoms with Gasteiger partial charge in [0.15, 0.2) is 0 Å². The number of hydrogen-bond donors (Lipinski definition) is 1. The SMILES string of the molecule is CCc1ccc(S(=O)(=O)NCCN(C(C)=O)C2CC2)cc1. The molecule has 1 fully saturated rings. The Morgan fingerprint density at radius 3 is 2.38 bits per heavy atom. The number of amides is 1. The van der Waals surface area contributed by atoms with Gasteiger partial charge in [0.2, 0.25) is 15.9 Å². The highest BCUT2D eigenvalue weighted by Crippen LogP contribution is 2.26. The van der Waals surface area contributed by atoms with Gasteiger partial charge in [-0.25, -0.2) is 13.1 Å². The van der Waals surface area contributed by atoms with Crippen molar-refractivity contribution in [2.75, 3.05) is 13.1 Å². The van der Waals surface area contributed by atoms with Crippen molar-refractivity contribution in [2.24, 2.45) is 0 Å². The molecule has 0 aliphatic heterocycles. The van der Waals surface area contributed by atoms with Crippen LogP contribution in [0.4, 0.5) is 0 Å². The van der Waals surface area contributed by atoms with E-state index in [1.807, 2.05) is 19.1 Å². The van der Waals surface area contributed by atoms with Gasteiger partial charge in [-0.1, -0.05) is 19.1 Å². The maximum Gasteiger partial charge on any atom is 0.240 e. The molecule has 1 aliphatic carbocycles. The fourth-order valence-corrected chi connectivity index (χ4v) is 3.29. The lowest BCUT2D eigenvalue weighted by Crippen LogP contribution is -2.38. The molecule has 0 heterocycles. The van der Waals surface area contributed by atoms with Gasteiger partial charge in [0.1, 0.15) is 0 Å². The third kappa shape index (κ3) is 4.28. The number of sulfonamides is 1. The summed E-state index contributed by atoms with van der Waals surface area (Å²) in [7, 11) is -3.50. The summed E-state index contributed by atoms with van der Waals surface area (Å²) in [4.78, 5) is 13.5. The van der Waals surface area contributed by atoms with Crippen LogP contribution < -0.4 is 4.72 Å². The normalized spacial score (nSPS) is 15.0. The van der Waals surface area contributed by atoms with E-state index in [9.17, 15) is 13.2 Å². The summed E-state index contributed by atoms with van der Waals surface area (Å²) in [5, 5.41) is 0. The van der Waals surface area contributed by atoms with Crippen molar-refractivity contribution in [3.63, 3.8) is 0 Å². The van der Waals surface area contributed by atoms with Crippen molar-refractivity contribution in [1.29, 1.82) is 0 Å². The molecular weight excluding hydrogens is 288 g/mol. The van der Waals surface area contributed by atoms with Gasteiger partial charge in [0, 0.05) is 26.1 Å². The Kier molecular flexibility index (Phi) is 5.00. The second-order valence-corrected chi connectivity index (χ2v) is 7.11. The van der Waals surface area contributed by atoms with Crippen LogP contribution in [0.2, 0.25) is 0 Å². The molecule has 1 aromatic carbocycles. The van der Waals surface area contributed by atoms with Crippen LogP contribution in [-0.4, -0.2) is 38.4 Å². The van der Waals surface area contributed by atoms with E-state index in [0.29, 0.717) is 12.6 Å². The number of rotatable bonds is 7. The highest BCUT2D eigenvalue weighted by Gasteiger charge is 2.30. The Morgan fingerprint density at radius 2 is 1.90 bits per heavy atom. The van der Waals surface area contributed by atoms with Crippen LogP contribution in [0.1, 0.15) is 32.3 Å². The van der Waals surface area contributed by atoms with Crippen molar-refractivity contribution in [2.45, 2.75) is 44.0 Å². The van der Waals surface area contributed by atoms with E-state index in [1.165, 1.54) is 6.92 Å². The molecule has 1 N–H and O–H groups in total. The van der Waals surface area contributed by atoms with Gasteiger partial charge in [-0.2, -0.15) is 0 Å². The van der Waals surface area contributed by atoms with E-state index in [0.717, 1.165) is 24.8 Å². The molecule has 6 heteroatoms. The van der Waals surface area contributed by atoms with E-state index < -0.39 is 10.0 Å². The zero-order valence-electron chi connectivity index (χ0n) is 12.5. The predicted octanol–water partition coefficient (Wildman–Crippen LogP) is 1.54. The Hall–Kier alpha value is -1.40. The van der Waals surface area contributed by atoms with Crippen LogP contribution in [0.5, 0.6) is 0 Å². The molecule has 0 unspecified atom stereocenters. The fourth-order valence-electron chi connectivity index (χ4n) is 2.27. The summed E-state index contributed by atoms with van der Waals surface area (Å²) in [5.74, 6) is 0.00370. The monoisotopic (exact) mass is 310 g/mol. The van der Waals surface area contributed by atoms with Crippen molar-refractivity contribution in [1.82, 2.24) is 9.62 Å². The summed E-state index contributed by atoms with van der Waals surface area (Å²) in [6, 6.07) is 7.17. The Labute approximate surface area is 126 Å². The van der Waals surface area contributed by atoms with Crippen molar-refractivity contribution in [3.05, 3.63) is 29.8 Å². The van der Waals surface area contributed by atoms with E-state index in [4.69, 9.17) is 0 Å². The molecule has 116 valence electrons. The van der Waals surface area contributed by atoms with Crippen LogP contribution in [0.25, 0.3) is 0 Å². The van der Waals surface area contributed by atoms with Crippen LogP contribution in [-0.2, 0) is 21.2 Å². The molecule has 0 bridgehead atoms. The van der Waals surface area contributed by atoms with Crippen LogP contribution in [0.3, 0.4) is 0 Å². The third-order valence-electron chi connectivity index (χ3n) is 3.68. The molecule has 0 atom stereocenters. The van der Waals surface area contributed by atoms with Gasteiger partial charge in [-0.3, -0.25) is 4.79 Å². The first kappa shape index (κ1) is 16.0. The first-order valence-electron chi connectivity index (χ1n) is 7.30. The number of aryl methyl sites for hydroxylation is 1. The smallest absolute Gasteiger partial charge is 0.240 e. The van der Waals surface area contributed by atoms with Gasteiger partial charge < -0.3 is 4.90 Å². The molecule has 1 saturated carbocycles. The van der Waals surface area contributed by atoms with Gasteiger partial charge in [-0.15, -0.1) is 0 Å². The summed E-state index contributed by atoms with van der Waals surface area (Å²) in [5.41, 5.74) is 1.10. The first-order valence-corrected chi connectivity index (χ1v) is 8.78. The van der Waals surface area contributed by atoms with Crippen LogP contribution >= 0.6 is 0 Å². The minimum Gasteiger partial charge on any atom is -0.339 e. The van der Waals surface area contributed by atoms with Crippen molar-refractivity contribution in [3.8, 4) is 0 Å². The minimum atomic E-state index is -3.50. The average Bonchev–Trinajstić information content (AvgIpc) is 3.27. The predicted molar refractivity (Wildman–Crippen MR) is 81.4 cm³/mol. The highest BCUT2D eigenvalue weighted by molar-refractivity contribution is 7.89. The largest absolute Gasteiger partial charge is 0.339 e. The highest BCUT2D eigenvalue weighted by atomic mass is 32.2. The van der Waals surface area contributed by atoms with Crippen LogP contribution in [0, 0.1) is 0 Å². The maximum atomic E-state index is 12.2. The molecule has 1 aliphatic rings. The van der Waals surface area contributed by atoms with E-state index >= 15 is 0 Å². The van der Waals surface area contributed by atoms with Gasteiger partial charge in [-0.05, 0) is 37.0 Å². The lowest BCUT2D eigenvalue weighted by atomic mass is 10.2. The quantitative estimate of drug-likeness (QED) is 0.830. The fraction of sp³-hybridized carbons (Fsp3) is 0.533. The van der Waals surface area contributed by atoms with Crippen molar-refractivity contribution >= 4 is 15.9 Å². The minimum absolute atomic E-state index is 0.00370. The second kappa shape index (κ2) is 6.58. The lowest BCUT2D eigenvalue weighted by Gasteiger charge is -2.20. The Morgan fingerprint density at radius 1 is 1.29 bits per heavy atom. The summed E-state index contributed by atoms with van der Waals surface area (Å²) in [6.45, 7) is 4.21. The molecule has 5 nitrogen and oxygen atoms in total. The molecule has 0 saturated heterocycles. The zero-order valence-corrected chi connectivity index (χ0v) is 13.3. The molecule has 0 radical (unpaired) electrons. The molecule has 2 rings (SSSR count). The van der Waals surface area contributed by atoms with Gasteiger partial charge in [0.05, 0.1) is 4.90 Å². The number of nitrogens with one attached hydrogen (secondary N) is 1. The second-order valence-electron chi connectivity index (χ2n) is 5.34. The van der Waals surface area contributed by atoms with Gasteiger partial charge >= 0.3 is 0 Å². The summed E-state index contributed by atoms with van der Waals surface area (Å²) < 4.78 is 26.9. The number of carbonyl (C=O) groups is 1. The van der Waals surface area contributed by atoms with E-state index in [-0.39, 0.29) is 17.3 Å². The molecule has 1 amide bonds. The van der Waals surface area contributed by atoms with Gasteiger partial charge in [0.25, 0.3) is 0 Å². The molecule has 0 aromatic heterocycles. The summed E-state index contributed by atoms with van der Waals surface area (Å²) >= 11 is 0. The molecular formula is C15H22N2O3S. The standard InChI is InChI=1S/C15H22N2O3S/c1-3-13-4-8-15(9-5-13)21(19,20)16-10-11-17(12(2)18)14-6-7-14/h4-5,8-9,14,16H,3,6-7,10-11H2,1-2H3. The molecule has 1 aromatic rings. The Balaban J connectivity index is 1.92. The molecule has 0 spiro atoms. The number of benzene rings is 1. The first-order chi connectivity index (χ1) is 9.94. The number of nitrogens with zero attached hydrogens (tertiary/aromatic N) is 1. The number of hydrogen-bond acceptors (Lipinski definition) is 3. The number of carbonyl (C=O) groups excluding carboxylic acids is 1. The maximum absolute atomic E-state index is 12.2. The zero-order chi connectivity index (χ0) is 15.5.